The molecule has 2 aromatic carbocycles. The average molecular weight is 428 g/mol. The summed E-state index contributed by atoms with van der Waals surface area (Å²) in [7, 11) is 4.03. The summed E-state index contributed by atoms with van der Waals surface area (Å²) in [6.07, 6.45) is 4.39. The van der Waals surface area contributed by atoms with Gasteiger partial charge in [-0.25, -0.2) is 4.39 Å². The monoisotopic (exact) mass is 427 g/mol. The SMILES string of the molecule is CN1C2CCC1CC(NC(=O)c1c(-c3ccccc3)n(C)c3c(F)cccc13)C2.Cl. The van der Waals surface area contributed by atoms with Gasteiger partial charge in [-0.05, 0) is 44.4 Å². The minimum atomic E-state index is -0.307. The predicted octanol–water partition coefficient (Wildman–Crippen LogP) is 4.76. The van der Waals surface area contributed by atoms with Gasteiger partial charge in [-0.15, -0.1) is 12.4 Å². The molecule has 1 amide bonds. The van der Waals surface area contributed by atoms with E-state index in [2.05, 4.69) is 17.3 Å². The third-order valence-corrected chi connectivity index (χ3v) is 6.87. The Morgan fingerprint density at radius 1 is 1.00 bits per heavy atom. The minimum Gasteiger partial charge on any atom is -0.349 e. The number of carbonyl (C=O) groups excluding carboxylic acids is 1. The van der Waals surface area contributed by atoms with Crippen LogP contribution in [0.25, 0.3) is 22.2 Å². The lowest BCUT2D eigenvalue weighted by molar-refractivity contribution is 0.0884. The maximum atomic E-state index is 14.7. The molecule has 3 aromatic rings. The van der Waals surface area contributed by atoms with Gasteiger partial charge in [0, 0.05) is 30.6 Å². The number of nitrogens with zero attached hydrogens (tertiary/aromatic N) is 2. The molecule has 1 N–H and O–H groups in total. The van der Waals surface area contributed by atoms with E-state index >= 15 is 0 Å². The molecule has 6 heteroatoms. The van der Waals surface area contributed by atoms with Crippen LogP contribution in [0.4, 0.5) is 4.39 Å². The molecule has 3 heterocycles. The van der Waals surface area contributed by atoms with E-state index in [1.54, 1.807) is 6.07 Å². The van der Waals surface area contributed by atoms with Crippen LogP contribution in [0.15, 0.2) is 48.5 Å². The normalized spacial score (nSPS) is 23.4. The number of fused-ring (bicyclic) bond motifs is 3. The predicted molar refractivity (Wildman–Crippen MR) is 121 cm³/mol. The summed E-state index contributed by atoms with van der Waals surface area (Å²) in [4.78, 5) is 16.0. The van der Waals surface area contributed by atoms with Crippen LogP contribution in [-0.2, 0) is 7.05 Å². The number of nitrogens with one attached hydrogen (secondary N) is 1. The second kappa shape index (κ2) is 8.05. The quantitative estimate of drug-likeness (QED) is 0.654. The van der Waals surface area contributed by atoms with E-state index in [9.17, 15) is 9.18 Å². The third kappa shape index (κ3) is 3.30. The van der Waals surface area contributed by atoms with E-state index in [1.165, 1.54) is 18.9 Å². The van der Waals surface area contributed by atoms with E-state index in [1.807, 2.05) is 48.0 Å². The molecular formula is C24H27ClFN3O. The minimum absolute atomic E-state index is 0. The first-order valence-corrected chi connectivity index (χ1v) is 10.4. The van der Waals surface area contributed by atoms with Crippen molar-refractivity contribution in [1.29, 1.82) is 0 Å². The fraction of sp³-hybridized carbons (Fsp3) is 0.375. The van der Waals surface area contributed by atoms with E-state index in [0.29, 0.717) is 28.6 Å². The second-order valence-corrected chi connectivity index (χ2v) is 8.48. The topological polar surface area (TPSA) is 37.3 Å². The Morgan fingerprint density at radius 2 is 1.67 bits per heavy atom. The standard InChI is InChI=1S/C24H26FN3O.ClH/c1-27-17-11-12-18(27)14-16(13-17)26-24(29)21-19-9-6-10-20(25)23(19)28(2)22(21)15-7-4-3-5-8-15;/h3-10,16-18H,11-14H2,1-2H3,(H,26,29);1H. The highest BCUT2D eigenvalue weighted by Gasteiger charge is 2.39. The van der Waals surface area contributed by atoms with Gasteiger partial charge in [0.05, 0.1) is 16.8 Å². The molecule has 30 heavy (non-hydrogen) atoms. The van der Waals surface area contributed by atoms with Crippen LogP contribution in [0, 0.1) is 5.82 Å². The Kier molecular flexibility index (Phi) is 5.60. The van der Waals surface area contributed by atoms with Gasteiger partial charge in [0.25, 0.3) is 5.91 Å². The molecular weight excluding hydrogens is 401 g/mol. The van der Waals surface area contributed by atoms with Crippen molar-refractivity contribution >= 4 is 29.2 Å². The highest BCUT2D eigenvalue weighted by molar-refractivity contribution is 6.13. The van der Waals surface area contributed by atoms with Crippen molar-refractivity contribution < 1.29 is 9.18 Å². The van der Waals surface area contributed by atoms with Gasteiger partial charge in [-0.1, -0.05) is 42.5 Å². The van der Waals surface area contributed by atoms with Crippen molar-refractivity contribution in [3.05, 3.63) is 59.9 Å². The summed E-state index contributed by atoms with van der Waals surface area (Å²) < 4.78 is 16.5. The number of rotatable bonds is 3. The van der Waals surface area contributed by atoms with Crippen molar-refractivity contribution in [1.82, 2.24) is 14.8 Å². The summed E-state index contributed by atoms with van der Waals surface area (Å²) in [5.74, 6) is -0.410. The van der Waals surface area contributed by atoms with Gasteiger partial charge < -0.3 is 14.8 Å². The first-order valence-electron chi connectivity index (χ1n) is 10.4. The number of para-hydroxylation sites is 1. The van der Waals surface area contributed by atoms with Crippen molar-refractivity contribution in [2.75, 3.05) is 7.05 Å². The Morgan fingerprint density at radius 3 is 2.33 bits per heavy atom. The van der Waals surface area contributed by atoms with Crippen LogP contribution in [0.2, 0.25) is 0 Å². The molecule has 2 saturated heterocycles. The third-order valence-electron chi connectivity index (χ3n) is 6.87. The first kappa shape index (κ1) is 20.9. The largest absolute Gasteiger partial charge is 0.349 e. The number of hydrogen-bond acceptors (Lipinski definition) is 2. The molecule has 0 aliphatic carbocycles. The van der Waals surface area contributed by atoms with Crippen LogP contribution in [0.1, 0.15) is 36.0 Å². The molecule has 2 unspecified atom stereocenters. The lowest BCUT2D eigenvalue weighted by Crippen LogP contribution is -2.48. The molecule has 2 aliphatic rings. The van der Waals surface area contributed by atoms with Gasteiger partial charge in [0.1, 0.15) is 5.82 Å². The van der Waals surface area contributed by atoms with Crippen molar-refractivity contribution in [2.24, 2.45) is 7.05 Å². The lowest BCUT2D eigenvalue weighted by Gasteiger charge is -2.36. The average Bonchev–Trinajstić information content (AvgIpc) is 3.11. The molecule has 4 nitrogen and oxygen atoms in total. The van der Waals surface area contributed by atoms with E-state index < -0.39 is 0 Å². The number of aryl methyl sites for hydroxylation is 1. The number of piperidine rings is 1. The molecule has 0 spiro atoms. The molecule has 158 valence electrons. The van der Waals surface area contributed by atoms with Gasteiger partial charge in [0.15, 0.2) is 0 Å². The highest BCUT2D eigenvalue weighted by atomic mass is 35.5. The lowest BCUT2D eigenvalue weighted by atomic mass is 9.97. The molecule has 2 fully saturated rings. The zero-order valence-electron chi connectivity index (χ0n) is 17.3. The summed E-state index contributed by atoms with van der Waals surface area (Å²) in [5, 5.41) is 3.96. The number of halogens is 2. The van der Waals surface area contributed by atoms with Crippen LogP contribution >= 0.6 is 12.4 Å². The molecule has 2 aliphatic heterocycles. The number of amides is 1. The molecule has 0 saturated carbocycles. The summed E-state index contributed by atoms with van der Waals surface area (Å²) in [6.45, 7) is 0. The zero-order chi connectivity index (χ0) is 20.1. The second-order valence-electron chi connectivity index (χ2n) is 8.48. The van der Waals surface area contributed by atoms with Crippen molar-refractivity contribution in [3.63, 3.8) is 0 Å². The number of carbonyl (C=O) groups is 1. The number of aromatic nitrogens is 1. The van der Waals surface area contributed by atoms with E-state index in [4.69, 9.17) is 0 Å². The molecule has 5 rings (SSSR count). The Labute approximate surface area is 182 Å². The van der Waals surface area contributed by atoms with Gasteiger partial charge >= 0.3 is 0 Å². The van der Waals surface area contributed by atoms with Crippen LogP contribution in [0.5, 0.6) is 0 Å². The van der Waals surface area contributed by atoms with Crippen LogP contribution in [-0.4, -0.2) is 40.5 Å². The maximum absolute atomic E-state index is 14.7. The van der Waals surface area contributed by atoms with Gasteiger partial charge in [-0.2, -0.15) is 0 Å². The number of benzene rings is 2. The summed E-state index contributed by atoms with van der Waals surface area (Å²) in [6, 6.07) is 16.0. The molecule has 1 aromatic heterocycles. The van der Waals surface area contributed by atoms with Crippen LogP contribution in [0.3, 0.4) is 0 Å². The van der Waals surface area contributed by atoms with Crippen LogP contribution < -0.4 is 5.32 Å². The first-order chi connectivity index (χ1) is 14.0. The fourth-order valence-corrected chi connectivity index (χ4v) is 5.42. The molecule has 2 bridgehead atoms. The van der Waals surface area contributed by atoms with Crippen molar-refractivity contribution in [3.8, 4) is 11.3 Å². The molecule has 2 atom stereocenters. The zero-order valence-corrected chi connectivity index (χ0v) is 18.1. The summed E-state index contributed by atoms with van der Waals surface area (Å²) >= 11 is 0. The van der Waals surface area contributed by atoms with Crippen molar-refractivity contribution in [2.45, 2.75) is 43.8 Å². The summed E-state index contributed by atoms with van der Waals surface area (Å²) in [5.41, 5.74) is 2.72. The number of hydrogen-bond donors (Lipinski definition) is 1. The van der Waals surface area contributed by atoms with E-state index in [0.717, 1.165) is 24.1 Å². The van der Waals surface area contributed by atoms with Gasteiger partial charge in [0.2, 0.25) is 0 Å². The maximum Gasteiger partial charge on any atom is 0.254 e. The smallest absolute Gasteiger partial charge is 0.254 e. The fourth-order valence-electron chi connectivity index (χ4n) is 5.42. The highest BCUT2D eigenvalue weighted by Crippen LogP contribution is 2.36. The Balaban J connectivity index is 0.00000218. The van der Waals surface area contributed by atoms with E-state index in [-0.39, 0.29) is 30.2 Å². The molecule has 0 radical (unpaired) electrons. The van der Waals surface area contributed by atoms with Gasteiger partial charge in [-0.3, -0.25) is 4.79 Å². The Hall–Kier alpha value is -2.37. The Bertz CT molecular complexity index is 1070.